The first-order valence-electron chi connectivity index (χ1n) is 11.9. The van der Waals surface area contributed by atoms with Crippen LogP contribution in [0.3, 0.4) is 0 Å². The van der Waals surface area contributed by atoms with Gasteiger partial charge in [-0.15, -0.1) is 0 Å². The van der Waals surface area contributed by atoms with E-state index in [0.29, 0.717) is 28.4 Å². The van der Waals surface area contributed by atoms with Gasteiger partial charge < -0.3 is 4.74 Å². The Kier molecular flexibility index (Phi) is 6.95. The van der Waals surface area contributed by atoms with Crippen LogP contribution in [0.5, 0.6) is 0 Å². The van der Waals surface area contributed by atoms with Crippen molar-refractivity contribution in [1.29, 1.82) is 0 Å². The highest BCUT2D eigenvalue weighted by Gasteiger charge is 2.69. The van der Waals surface area contributed by atoms with Crippen molar-refractivity contribution in [3.05, 3.63) is 53.1 Å². The van der Waals surface area contributed by atoms with Crippen molar-refractivity contribution in [3.63, 3.8) is 0 Å². The number of fused-ring (bicyclic) bond motifs is 1. The number of carbonyl (C=O) groups is 1. The van der Waals surface area contributed by atoms with Gasteiger partial charge in [-0.25, -0.2) is 4.79 Å². The highest BCUT2D eigenvalue weighted by molar-refractivity contribution is 5.89. The van der Waals surface area contributed by atoms with Crippen LogP contribution in [0.1, 0.15) is 102 Å². The molecule has 2 aliphatic carbocycles. The summed E-state index contributed by atoms with van der Waals surface area (Å²) >= 11 is 0. The maximum Gasteiger partial charge on any atom is 0.338 e. The fraction of sp³-hybridized carbons (Fsp3) is 0.607. The second-order valence-corrected chi connectivity index (χ2v) is 10.5. The van der Waals surface area contributed by atoms with Crippen LogP contribution >= 0.6 is 0 Å². The third-order valence-electron chi connectivity index (χ3n) is 7.76. The Labute approximate surface area is 183 Å². The minimum absolute atomic E-state index is 0.217. The van der Waals surface area contributed by atoms with E-state index in [1.165, 1.54) is 44.1 Å². The number of ether oxygens (including phenoxy) is 1. The first-order chi connectivity index (χ1) is 14.2. The average molecular weight is 409 g/mol. The number of unbranched alkanes of at least 4 members (excludes halogenated alkanes) is 3. The van der Waals surface area contributed by atoms with Gasteiger partial charge in [0.2, 0.25) is 0 Å². The van der Waals surface area contributed by atoms with Gasteiger partial charge in [0.25, 0.3) is 0 Å². The Morgan fingerprint density at radius 2 is 1.80 bits per heavy atom. The van der Waals surface area contributed by atoms with Gasteiger partial charge in [0, 0.05) is 0 Å². The Morgan fingerprint density at radius 3 is 2.47 bits per heavy atom. The number of esters is 1. The normalized spacial score (nSPS) is 27.7. The van der Waals surface area contributed by atoms with Gasteiger partial charge in [-0.1, -0.05) is 89.3 Å². The summed E-state index contributed by atoms with van der Waals surface area (Å²) in [5, 5.41) is 0. The van der Waals surface area contributed by atoms with Gasteiger partial charge in [0.05, 0.1) is 12.2 Å². The standard InChI is InChI=1S/C28H40O2/c1-6-7-8-9-19-30-25(29)24-13-11-23(12-14-24)20-22(2)15-18-28-21-27(28,5)17-10-16-26(28,3)4/h11-15,18,20H,6-10,16-17,19,21H2,1-5H3. The highest BCUT2D eigenvalue weighted by Crippen LogP contribution is 2.78. The zero-order chi connectivity index (χ0) is 21.8. The van der Waals surface area contributed by atoms with Crippen molar-refractivity contribution in [1.82, 2.24) is 0 Å². The lowest BCUT2D eigenvalue weighted by atomic mass is 9.63. The molecule has 30 heavy (non-hydrogen) atoms. The Balaban J connectivity index is 1.58. The van der Waals surface area contributed by atoms with E-state index < -0.39 is 0 Å². The number of allylic oxidation sites excluding steroid dienone is 3. The molecule has 0 spiro atoms. The molecule has 0 radical (unpaired) electrons. The topological polar surface area (TPSA) is 26.3 Å². The molecule has 2 heteroatoms. The minimum atomic E-state index is -0.217. The van der Waals surface area contributed by atoms with Gasteiger partial charge >= 0.3 is 5.97 Å². The molecule has 2 fully saturated rings. The molecule has 3 rings (SSSR count). The number of carbonyl (C=O) groups excluding carboxylic acids is 1. The summed E-state index contributed by atoms with van der Waals surface area (Å²) in [5.74, 6) is -0.217. The fourth-order valence-corrected chi connectivity index (χ4v) is 5.65. The predicted molar refractivity (Wildman–Crippen MR) is 126 cm³/mol. The number of rotatable bonds is 9. The molecule has 2 aliphatic rings. The third kappa shape index (κ3) is 4.74. The van der Waals surface area contributed by atoms with Crippen LogP contribution in [0.4, 0.5) is 0 Å². The van der Waals surface area contributed by atoms with Crippen LogP contribution in [-0.2, 0) is 4.74 Å². The Morgan fingerprint density at radius 1 is 1.07 bits per heavy atom. The van der Waals surface area contributed by atoms with Crippen LogP contribution in [0.15, 0.2) is 42.0 Å². The molecule has 2 nitrogen and oxygen atoms in total. The van der Waals surface area contributed by atoms with Crippen LogP contribution in [0.2, 0.25) is 0 Å². The van der Waals surface area contributed by atoms with E-state index in [-0.39, 0.29) is 5.97 Å². The lowest BCUT2D eigenvalue weighted by Gasteiger charge is -2.41. The quantitative estimate of drug-likeness (QED) is 0.235. The number of hydrogen-bond acceptors (Lipinski definition) is 2. The maximum absolute atomic E-state index is 12.2. The van der Waals surface area contributed by atoms with E-state index in [1.54, 1.807) is 0 Å². The highest BCUT2D eigenvalue weighted by atomic mass is 16.5. The number of benzene rings is 1. The van der Waals surface area contributed by atoms with Gasteiger partial charge in [-0.05, 0) is 66.5 Å². The van der Waals surface area contributed by atoms with E-state index >= 15 is 0 Å². The van der Waals surface area contributed by atoms with Crippen LogP contribution < -0.4 is 0 Å². The average Bonchev–Trinajstić information content (AvgIpc) is 3.34. The molecule has 0 aliphatic heterocycles. The SMILES string of the molecule is CCCCCCOC(=O)c1ccc(C=C(C)C=CC23CC2(C)CCCC3(C)C)cc1. The van der Waals surface area contributed by atoms with E-state index in [1.807, 2.05) is 24.3 Å². The largest absolute Gasteiger partial charge is 0.462 e. The summed E-state index contributed by atoms with van der Waals surface area (Å²) in [5.41, 5.74) is 4.24. The molecule has 1 aromatic carbocycles. The molecule has 164 valence electrons. The molecule has 1 aromatic rings. The first-order valence-corrected chi connectivity index (χ1v) is 11.9. The molecule has 0 aromatic heterocycles. The number of hydrogen-bond donors (Lipinski definition) is 0. The molecule has 0 bridgehead atoms. The van der Waals surface area contributed by atoms with Gasteiger partial charge in [0.15, 0.2) is 0 Å². The van der Waals surface area contributed by atoms with Crippen LogP contribution in [0, 0.1) is 16.2 Å². The molecule has 2 atom stereocenters. The minimum Gasteiger partial charge on any atom is -0.462 e. The van der Waals surface area contributed by atoms with E-state index in [2.05, 4.69) is 52.8 Å². The van der Waals surface area contributed by atoms with Crippen molar-refractivity contribution in [3.8, 4) is 0 Å². The second kappa shape index (κ2) is 9.12. The molecule has 0 N–H and O–H groups in total. The van der Waals surface area contributed by atoms with Crippen molar-refractivity contribution in [2.45, 2.75) is 86.0 Å². The fourth-order valence-electron chi connectivity index (χ4n) is 5.65. The first kappa shape index (κ1) is 22.8. The lowest BCUT2D eigenvalue weighted by Crippen LogP contribution is -2.32. The molecular weight excluding hydrogens is 368 g/mol. The molecule has 0 amide bonds. The molecule has 2 saturated carbocycles. The van der Waals surface area contributed by atoms with Crippen LogP contribution in [-0.4, -0.2) is 12.6 Å². The van der Waals surface area contributed by atoms with Gasteiger partial charge in [-0.2, -0.15) is 0 Å². The van der Waals surface area contributed by atoms with Crippen molar-refractivity contribution in [2.24, 2.45) is 16.2 Å². The predicted octanol–water partition coefficient (Wildman–Crippen LogP) is 7.99. The van der Waals surface area contributed by atoms with Gasteiger partial charge in [-0.3, -0.25) is 0 Å². The summed E-state index contributed by atoms with van der Waals surface area (Å²) in [6, 6.07) is 7.76. The molecular formula is C28H40O2. The monoisotopic (exact) mass is 408 g/mol. The third-order valence-corrected chi connectivity index (χ3v) is 7.76. The zero-order valence-electron chi connectivity index (χ0n) is 19.7. The summed E-state index contributed by atoms with van der Waals surface area (Å²) in [7, 11) is 0. The zero-order valence-corrected chi connectivity index (χ0v) is 19.7. The smallest absolute Gasteiger partial charge is 0.338 e. The lowest BCUT2D eigenvalue weighted by molar-refractivity contribution is 0.0498. The maximum atomic E-state index is 12.2. The Hall–Kier alpha value is -1.83. The van der Waals surface area contributed by atoms with E-state index in [9.17, 15) is 4.79 Å². The van der Waals surface area contributed by atoms with Crippen molar-refractivity contribution in [2.75, 3.05) is 6.61 Å². The second-order valence-electron chi connectivity index (χ2n) is 10.5. The molecule has 2 unspecified atom stereocenters. The van der Waals surface area contributed by atoms with Crippen LogP contribution in [0.25, 0.3) is 6.08 Å². The summed E-state index contributed by atoms with van der Waals surface area (Å²) in [4.78, 5) is 12.2. The molecule has 0 heterocycles. The van der Waals surface area contributed by atoms with Gasteiger partial charge in [0.1, 0.15) is 0 Å². The van der Waals surface area contributed by atoms with E-state index in [4.69, 9.17) is 4.74 Å². The summed E-state index contributed by atoms with van der Waals surface area (Å²) < 4.78 is 5.38. The van der Waals surface area contributed by atoms with E-state index in [0.717, 1.165) is 18.4 Å². The summed E-state index contributed by atoms with van der Waals surface area (Å²) in [6.45, 7) is 12.2. The van der Waals surface area contributed by atoms with Crippen molar-refractivity contribution < 1.29 is 9.53 Å². The summed E-state index contributed by atoms with van der Waals surface area (Å²) in [6.07, 6.45) is 16.8. The Bertz CT molecular complexity index is 798. The van der Waals surface area contributed by atoms with Crippen molar-refractivity contribution >= 4 is 12.0 Å². The molecule has 0 saturated heterocycles.